The van der Waals surface area contributed by atoms with Crippen LogP contribution in [-0.2, 0) is 19.1 Å². The third-order valence-corrected chi connectivity index (χ3v) is 5.09. The SMILES string of the molecule is COCCOC(=O)C1=C(C)NC2=C(C(=O)CCC2)[C@H]1c1ccsc1. The molecule has 1 atom stereocenters. The van der Waals surface area contributed by atoms with Crippen LogP contribution in [0.25, 0.3) is 0 Å². The lowest BCUT2D eigenvalue weighted by Gasteiger charge is -2.33. The molecule has 1 N–H and O–H groups in total. The van der Waals surface area contributed by atoms with Gasteiger partial charge < -0.3 is 14.8 Å². The average Bonchev–Trinajstić information content (AvgIpc) is 3.08. The Morgan fingerprint density at radius 2 is 2.21 bits per heavy atom. The number of dihydropyridines is 1. The van der Waals surface area contributed by atoms with Crippen molar-refractivity contribution < 1.29 is 19.1 Å². The number of rotatable bonds is 5. The topological polar surface area (TPSA) is 64.6 Å². The van der Waals surface area contributed by atoms with Crippen LogP contribution in [-0.4, -0.2) is 32.1 Å². The fraction of sp³-hybridized carbons (Fsp3) is 0.444. The van der Waals surface area contributed by atoms with Crippen LogP contribution in [0, 0.1) is 0 Å². The van der Waals surface area contributed by atoms with Crippen LogP contribution in [0.15, 0.2) is 39.4 Å². The molecule has 128 valence electrons. The maximum atomic E-state index is 12.7. The van der Waals surface area contributed by atoms with Crippen molar-refractivity contribution in [2.75, 3.05) is 20.3 Å². The maximum absolute atomic E-state index is 12.7. The van der Waals surface area contributed by atoms with E-state index in [2.05, 4.69) is 5.32 Å². The van der Waals surface area contributed by atoms with Gasteiger partial charge >= 0.3 is 5.97 Å². The molecule has 1 aromatic heterocycles. The molecule has 2 heterocycles. The highest BCUT2D eigenvalue weighted by atomic mass is 32.1. The summed E-state index contributed by atoms with van der Waals surface area (Å²) in [7, 11) is 1.56. The Labute approximate surface area is 145 Å². The van der Waals surface area contributed by atoms with Crippen molar-refractivity contribution in [3.8, 4) is 0 Å². The van der Waals surface area contributed by atoms with Crippen molar-refractivity contribution in [3.63, 3.8) is 0 Å². The highest BCUT2D eigenvalue weighted by molar-refractivity contribution is 7.08. The highest BCUT2D eigenvalue weighted by Gasteiger charge is 2.39. The molecule has 0 spiro atoms. The second kappa shape index (κ2) is 7.32. The molecule has 1 aliphatic heterocycles. The number of nitrogens with one attached hydrogen (secondary N) is 1. The summed E-state index contributed by atoms with van der Waals surface area (Å²) in [5, 5.41) is 7.24. The summed E-state index contributed by atoms with van der Waals surface area (Å²) < 4.78 is 10.3. The number of thiophene rings is 1. The Balaban J connectivity index is 1.99. The van der Waals surface area contributed by atoms with Crippen LogP contribution in [0.1, 0.15) is 37.7 Å². The van der Waals surface area contributed by atoms with Gasteiger partial charge in [0.1, 0.15) is 6.61 Å². The minimum atomic E-state index is -0.391. The second-order valence-corrected chi connectivity index (χ2v) is 6.73. The van der Waals surface area contributed by atoms with Gasteiger partial charge in [-0.1, -0.05) is 0 Å². The summed E-state index contributed by atoms with van der Waals surface area (Å²) in [5.74, 6) is -0.608. The van der Waals surface area contributed by atoms with Gasteiger partial charge in [0.15, 0.2) is 5.78 Å². The van der Waals surface area contributed by atoms with Crippen LogP contribution < -0.4 is 5.32 Å². The second-order valence-electron chi connectivity index (χ2n) is 5.95. The first-order valence-electron chi connectivity index (χ1n) is 8.05. The zero-order chi connectivity index (χ0) is 17.1. The number of esters is 1. The lowest BCUT2D eigenvalue weighted by atomic mass is 9.76. The van der Waals surface area contributed by atoms with E-state index >= 15 is 0 Å². The van der Waals surface area contributed by atoms with Gasteiger partial charge in [-0.05, 0) is 42.2 Å². The van der Waals surface area contributed by atoms with Crippen molar-refractivity contribution in [3.05, 3.63) is 44.9 Å². The molecule has 0 aromatic carbocycles. The van der Waals surface area contributed by atoms with E-state index in [1.165, 1.54) is 0 Å². The van der Waals surface area contributed by atoms with Crippen LogP contribution in [0.3, 0.4) is 0 Å². The molecule has 6 heteroatoms. The number of carbonyl (C=O) groups is 2. The molecule has 5 nitrogen and oxygen atoms in total. The molecule has 2 aliphatic rings. The van der Waals surface area contributed by atoms with Crippen molar-refractivity contribution in [1.82, 2.24) is 5.32 Å². The van der Waals surface area contributed by atoms with Gasteiger partial charge in [0.05, 0.1) is 12.2 Å². The standard InChI is InChI=1S/C18H21NO4S/c1-11-15(18(21)23-8-7-22-2)16(12-6-9-24-10-12)17-13(19-11)4-3-5-14(17)20/h6,9-10,16,19H,3-5,7-8H2,1-2H3/t16-/m0/s1. The first-order valence-corrected chi connectivity index (χ1v) is 9.00. The number of carbonyl (C=O) groups excluding carboxylic acids is 2. The van der Waals surface area contributed by atoms with Gasteiger partial charge in [-0.2, -0.15) is 11.3 Å². The largest absolute Gasteiger partial charge is 0.460 e. The number of methoxy groups -OCH3 is 1. The summed E-state index contributed by atoms with van der Waals surface area (Å²) in [6, 6.07) is 1.98. The molecule has 1 aliphatic carbocycles. The lowest BCUT2D eigenvalue weighted by molar-refractivity contribution is -0.140. The number of hydrogen-bond acceptors (Lipinski definition) is 6. The molecule has 3 rings (SSSR count). The van der Waals surface area contributed by atoms with E-state index in [4.69, 9.17) is 9.47 Å². The van der Waals surface area contributed by atoms with Crippen molar-refractivity contribution >= 4 is 23.1 Å². The quantitative estimate of drug-likeness (QED) is 0.655. The van der Waals surface area contributed by atoms with Crippen LogP contribution in [0.5, 0.6) is 0 Å². The van der Waals surface area contributed by atoms with Gasteiger partial charge in [0, 0.05) is 36.4 Å². The third-order valence-electron chi connectivity index (χ3n) is 4.39. The van der Waals surface area contributed by atoms with E-state index in [9.17, 15) is 9.59 Å². The Morgan fingerprint density at radius 1 is 1.38 bits per heavy atom. The summed E-state index contributed by atoms with van der Waals surface area (Å²) in [5.41, 5.74) is 3.94. The first kappa shape index (κ1) is 16.9. The van der Waals surface area contributed by atoms with Crippen LogP contribution in [0.2, 0.25) is 0 Å². The van der Waals surface area contributed by atoms with Crippen molar-refractivity contribution in [2.45, 2.75) is 32.1 Å². The average molecular weight is 347 g/mol. The van der Waals surface area contributed by atoms with Crippen molar-refractivity contribution in [1.29, 1.82) is 0 Å². The number of allylic oxidation sites excluding steroid dienone is 3. The molecule has 0 bridgehead atoms. The molecular weight excluding hydrogens is 326 g/mol. The third kappa shape index (κ3) is 3.16. The molecule has 24 heavy (non-hydrogen) atoms. The monoisotopic (exact) mass is 347 g/mol. The van der Waals surface area contributed by atoms with E-state index in [1.807, 2.05) is 23.8 Å². The minimum Gasteiger partial charge on any atom is -0.460 e. The van der Waals surface area contributed by atoms with Gasteiger partial charge in [-0.25, -0.2) is 4.79 Å². The fourth-order valence-electron chi connectivity index (χ4n) is 3.32. The van der Waals surface area contributed by atoms with Gasteiger partial charge in [-0.3, -0.25) is 4.79 Å². The summed E-state index contributed by atoms with van der Waals surface area (Å²) in [6.45, 7) is 2.42. The van der Waals surface area contributed by atoms with Crippen LogP contribution in [0.4, 0.5) is 0 Å². The Kier molecular flexibility index (Phi) is 5.16. The smallest absolute Gasteiger partial charge is 0.336 e. The molecule has 0 unspecified atom stereocenters. The van der Waals surface area contributed by atoms with E-state index in [0.717, 1.165) is 35.4 Å². The summed E-state index contributed by atoms with van der Waals surface area (Å²) in [6.07, 6.45) is 2.22. The molecule has 0 amide bonds. The molecule has 0 radical (unpaired) electrons. The van der Waals surface area contributed by atoms with Crippen molar-refractivity contribution in [2.24, 2.45) is 0 Å². The predicted octanol–water partition coefficient (Wildman–Crippen LogP) is 2.91. The summed E-state index contributed by atoms with van der Waals surface area (Å²) >= 11 is 1.56. The lowest BCUT2D eigenvalue weighted by Crippen LogP contribution is -2.34. The zero-order valence-corrected chi connectivity index (χ0v) is 14.7. The van der Waals surface area contributed by atoms with E-state index < -0.39 is 5.97 Å². The van der Waals surface area contributed by atoms with Gasteiger partial charge in [0.2, 0.25) is 0 Å². The number of ketones is 1. The normalized spacial score (nSPS) is 20.8. The number of hydrogen-bond donors (Lipinski definition) is 1. The van der Waals surface area contributed by atoms with Gasteiger partial charge in [0.25, 0.3) is 0 Å². The Hall–Kier alpha value is -1.92. The van der Waals surface area contributed by atoms with Gasteiger partial charge in [-0.15, -0.1) is 0 Å². The Morgan fingerprint density at radius 3 is 2.92 bits per heavy atom. The van der Waals surface area contributed by atoms with E-state index in [0.29, 0.717) is 18.6 Å². The fourth-order valence-corrected chi connectivity index (χ4v) is 4.01. The number of Topliss-reactive ketones (excluding diaryl/α,β-unsaturated/α-hetero) is 1. The zero-order valence-electron chi connectivity index (χ0n) is 13.9. The van der Waals surface area contributed by atoms with E-state index in [-0.39, 0.29) is 18.3 Å². The molecule has 0 saturated heterocycles. The molecular formula is C18H21NO4S. The Bertz CT molecular complexity index is 703. The minimum absolute atomic E-state index is 0.120. The molecule has 0 saturated carbocycles. The molecule has 0 fully saturated rings. The number of ether oxygens (including phenoxy) is 2. The highest BCUT2D eigenvalue weighted by Crippen LogP contribution is 2.42. The first-order chi connectivity index (χ1) is 11.6. The van der Waals surface area contributed by atoms with E-state index in [1.54, 1.807) is 18.4 Å². The summed E-state index contributed by atoms with van der Waals surface area (Å²) in [4.78, 5) is 25.2. The predicted molar refractivity (Wildman–Crippen MR) is 91.6 cm³/mol. The maximum Gasteiger partial charge on any atom is 0.336 e. The van der Waals surface area contributed by atoms with Crippen LogP contribution >= 0.6 is 11.3 Å². The molecule has 1 aromatic rings.